The van der Waals surface area contributed by atoms with E-state index < -0.39 is 11.9 Å². The van der Waals surface area contributed by atoms with Crippen LogP contribution >= 0.6 is 0 Å². The Morgan fingerprint density at radius 1 is 0.368 bits per heavy atom. The van der Waals surface area contributed by atoms with Crippen LogP contribution in [0.3, 0.4) is 0 Å². The summed E-state index contributed by atoms with van der Waals surface area (Å²) in [6.45, 7) is 4.48. The molecule has 0 unspecified atom stereocenters. The quantitative estimate of drug-likeness (QED) is 0.0845. The Morgan fingerprint density at radius 3 is 0.737 bits per heavy atom. The SMILES string of the molecule is CCCCCCCCCCCCCC/C(C(=O)[O-])=C(\CCCCCCCCCCCCCC)C(=O)[O-].[Na+].[Na+]. The Labute approximate surface area is 280 Å². The summed E-state index contributed by atoms with van der Waals surface area (Å²) < 4.78 is 0. The largest absolute Gasteiger partial charge is 1.00 e. The number of carbonyl (C=O) groups is 2. The van der Waals surface area contributed by atoms with Gasteiger partial charge in [-0.2, -0.15) is 0 Å². The molecular formula is C32H58Na2O4. The molecule has 6 heteroatoms. The molecule has 0 saturated carbocycles. The molecule has 0 bridgehead atoms. The van der Waals surface area contributed by atoms with Crippen molar-refractivity contribution in [3.63, 3.8) is 0 Å². The van der Waals surface area contributed by atoms with E-state index >= 15 is 0 Å². The second-order valence-corrected chi connectivity index (χ2v) is 10.8. The molecule has 0 aliphatic rings. The van der Waals surface area contributed by atoms with Gasteiger partial charge in [-0.25, -0.2) is 0 Å². The van der Waals surface area contributed by atoms with E-state index in [4.69, 9.17) is 0 Å². The van der Waals surface area contributed by atoms with Gasteiger partial charge in [0.1, 0.15) is 0 Å². The molecule has 0 aliphatic heterocycles. The summed E-state index contributed by atoms with van der Waals surface area (Å²) in [5.41, 5.74) is -0.0738. The molecule has 0 aromatic heterocycles. The minimum atomic E-state index is -1.34. The molecule has 0 rings (SSSR count). The normalized spacial score (nSPS) is 11.4. The van der Waals surface area contributed by atoms with Crippen LogP contribution in [0.2, 0.25) is 0 Å². The van der Waals surface area contributed by atoms with Gasteiger partial charge in [0.25, 0.3) is 0 Å². The van der Waals surface area contributed by atoms with Gasteiger partial charge in [-0.1, -0.05) is 155 Å². The van der Waals surface area contributed by atoms with E-state index in [2.05, 4.69) is 13.8 Å². The van der Waals surface area contributed by atoms with Crippen molar-refractivity contribution < 1.29 is 78.9 Å². The van der Waals surface area contributed by atoms with Crippen molar-refractivity contribution in [2.45, 2.75) is 181 Å². The molecule has 0 N–H and O–H groups in total. The summed E-state index contributed by atoms with van der Waals surface area (Å²) in [7, 11) is 0. The Morgan fingerprint density at radius 2 is 0.553 bits per heavy atom. The van der Waals surface area contributed by atoms with Gasteiger partial charge in [-0.3, -0.25) is 0 Å². The third kappa shape index (κ3) is 28.2. The van der Waals surface area contributed by atoms with Crippen LogP contribution in [-0.4, -0.2) is 11.9 Å². The fourth-order valence-electron chi connectivity index (χ4n) is 5.04. The molecule has 0 aromatic rings. The zero-order chi connectivity index (χ0) is 26.7. The summed E-state index contributed by atoms with van der Waals surface area (Å²) in [6, 6.07) is 0. The van der Waals surface area contributed by atoms with E-state index in [-0.39, 0.29) is 83.1 Å². The minimum absolute atomic E-state index is 0. The predicted molar refractivity (Wildman–Crippen MR) is 148 cm³/mol. The molecule has 0 saturated heterocycles. The fraction of sp³-hybridized carbons (Fsp3) is 0.875. The molecule has 0 spiro atoms. The molecule has 0 aliphatic carbocycles. The number of hydrogen-bond donors (Lipinski definition) is 0. The van der Waals surface area contributed by atoms with Crippen molar-refractivity contribution in [1.29, 1.82) is 0 Å². The maximum Gasteiger partial charge on any atom is 1.00 e. The second kappa shape index (κ2) is 33.9. The first-order valence-electron chi connectivity index (χ1n) is 15.7. The molecule has 212 valence electrons. The van der Waals surface area contributed by atoms with E-state index in [1.807, 2.05) is 0 Å². The molecule has 0 fully saturated rings. The number of unbranched alkanes of at least 4 members (excludes halogenated alkanes) is 22. The van der Waals surface area contributed by atoms with E-state index in [0.29, 0.717) is 12.8 Å². The molecule has 0 aromatic carbocycles. The van der Waals surface area contributed by atoms with Gasteiger partial charge >= 0.3 is 59.1 Å². The maximum atomic E-state index is 11.6. The van der Waals surface area contributed by atoms with Gasteiger partial charge in [-0.15, -0.1) is 0 Å². The summed E-state index contributed by atoms with van der Waals surface area (Å²) in [5.74, 6) is -2.67. The van der Waals surface area contributed by atoms with Crippen LogP contribution in [0.25, 0.3) is 0 Å². The van der Waals surface area contributed by atoms with Gasteiger partial charge in [0, 0.05) is 0 Å². The number of carboxylic acid groups (broad SMARTS) is 2. The third-order valence-corrected chi connectivity index (χ3v) is 7.42. The molecule has 4 nitrogen and oxygen atoms in total. The molecule has 0 radical (unpaired) electrons. The number of carbonyl (C=O) groups excluding carboxylic acids is 2. The van der Waals surface area contributed by atoms with Crippen LogP contribution in [0, 0.1) is 0 Å². The summed E-state index contributed by atoms with van der Waals surface area (Å²) in [5, 5.41) is 23.3. The third-order valence-electron chi connectivity index (χ3n) is 7.42. The molecule has 0 amide bonds. The Bertz CT molecular complexity index is 516. The predicted octanol–water partition coefficient (Wildman–Crippen LogP) is 1.97. The average molecular weight is 553 g/mol. The zero-order valence-corrected chi connectivity index (χ0v) is 30.0. The van der Waals surface area contributed by atoms with Gasteiger partial charge < -0.3 is 19.8 Å². The van der Waals surface area contributed by atoms with E-state index in [9.17, 15) is 19.8 Å². The smallest absolute Gasteiger partial charge is 0.545 e. The molecule has 0 heterocycles. The summed E-state index contributed by atoms with van der Waals surface area (Å²) in [4.78, 5) is 23.3. The molecule has 38 heavy (non-hydrogen) atoms. The van der Waals surface area contributed by atoms with Gasteiger partial charge in [0.05, 0.1) is 11.9 Å². The number of carboxylic acids is 2. The van der Waals surface area contributed by atoms with Crippen LogP contribution in [0.1, 0.15) is 181 Å². The average Bonchev–Trinajstić information content (AvgIpc) is 2.85. The van der Waals surface area contributed by atoms with Gasteiger partial charge in [-0.05, 0) is 36.8 Å². The van der Waals surface area contributed by atoms with Crippen LogP contribution in [-0.2, 0) is 9.59 Å². The van der Waals surface area contributed by atoms with E-state index in [1.54, 1.807) is 0 Å². The second-order valence-electron chi connectivity index (χ2n) is 10.8. The van der Waals surface area contributed by atoms with Crippen LogP contribution in [0.5, 0.6) is 0 Å². The summed E-state index contributed by atoms with van der Waals surface area (Å²) in [6.07, 6.45) is 29.4. The first kappa shape index (κ1) is 43.1. The standard InChI is InChI=1S/C32H60O4.2Na/c1-3-5-7-9-11-13-15-17-19-21-23-25-27-29(31(33)34)30(32(35)36)28-26-24-22-20-18-16-14-12-10-8-6-4-2;;/h3-28H2,1-2H3,(H,33,34)(H,35,36);;/q;2*+1/p-2/b30-29-;;. The Balaban J connectivity index is -0.00000612. The van der Waals surface area contributed by atoms with E-state index in [0.717, 1.165) is 25.7 Å². The maximum absolute atomic E-state index is 11.6. The minimum Gasteiger partial charge on any atom is -0.545 e. The van der Waals surface area contributed by atoms with Crippen molar-refractivity contribution in [1.82, 2.24) is 0 Å². The van der Waals surface area contributed by atoms with Crippen LogP contribution < -0.4 is 69.3 Å². The van der Waals surface area contributed by atoms with Gasteiger partial charge in [0.15, 0.2) is 0 Å². The number of hydrogen-bond acceptors (Lipinski definition) is 4. The van der Waals surface area contributed by atoms with Crippen LogP contribution in [0.15, 0.2) is 11.1 Å². The fourth-order valence-corrected chi connectivity index (χ4v) is 5.04. The van der Waals surface area contributed by atoms with Crippen molar-refractivity contribution in [2.75, 3.05) is 0 Å². The zero-order valence-electron chi connectivity index (χ0n) is 26.0. The summed E-state index contributed by atoms with van der Waals surface area (Å²) >= 11 is 0. The van der Waals surface area contributed by atoms with E-state index in [1.165, 1.54) is 116 Å². The first-order valence-corrected chi connectivity index (χ1v) is 15.7. The molecular weight excluding hydrogens is 494 g/mol. The van der Waals surface area contributed by atoms with Gasteiger partial charge in [0.2, 0.25) is 0 Å². The van der Waals surface area contributed by atoms with Crippen molar-refractivity contribution >= 4 is 11.9 Å². The topological polar surface area (TPSA) is 80.3 Å². The number of rotatable bonds is 28. The molecule has 0 atom stereocenters. The first-order chi connectivity index (χ1) is 17.5. The Hall–Kier alpha value is 0.680. The van der Waals surface area contributed by atoms with Crippen molar-refractivity contribution in [3.05, 3.63) is 11.1 Å². The van der Waals surface area contributed by atoms with Crippen LogP contribution in [0.4, 0.5) is 0 Å². The Kier molecular flexibility index (Phi) is 38.5. The number of aliphatic carboxylic acids is 2. The van der Waals surface area contributed by atoms with Crippen molar-refractivity contribution in [3.8, 4) is 0 Å². The van der Waals surface area contributed by atoms with Crippen molar-refractivity contribution in [2.24, 2.45) is 0 Å². The monoisotopic (exact) mass is 552 g/mol.